The van der Waals surface area contributed by atoms with Gasteiger partial charge in [0.15, 0.2) is 0 Å². The summed E-state index contributed by atoms with van der Waals surface area (Å²) in [5, 5.41) is 9.16. The fourth-order valence-electron chi connectivity index (χ4n) is 0.958. The van der Waals surface area contributed by atoms with Crippen LogP contribution in [0.4, 0.5) is 0 Å². The third kappa shape index (κ3) is 4.38. The van der Waals surface area contributed by atoms with Crippen LogP contribution in [-0.4, -0.2) is 24.4 Å². The Kier molecular flexibility index (Phi) is 3.87. The van der Waals surface area contributed by atoms with Crippen molar-refractivity contribution in [2.24, 2.45) is 5.92 Å². The first-order valence-electron chi connectivity index (χ1n) is 4.58. The molecule has 1 N–H and O–H groups in total. The third-order valence-electron chi connectivity index (χ3n) is 2.12. The van der Waals surface area contributed by atoms with E-state index in [1.807, 2.05) is 6.92 Å². The zero-order chi connectivity index (χ0) is 8.10. The molecule has 2 heteroatoms. The molecule has 0 amide bonds. The van der Waals surface area contributed by atoms with E-state index in [-0.39, 0.29) is 6.10 Å². The highest BCUT2D eigenvalue weighted by Crippen LogP contribution is 2.28. The predicted molar refractivity (Wildman–Crippen MR) is 44.5 cm³/mol. The van der Waals surface area contributed by atoms with Gasteiger partial charge in [0.25, 0.3) is 0 Å². The van der Waals surface area contributed by atoms with Crippen molar-refractivity contribution < 1.29 is 9.84 Å². The van der Waals surface area contributed by atoms with Crippen LogP contribution in [0.1, 0.15) is 32.6 Å². The van der Waals surface area contributed by atoms with Crippen molar-refractivity contribution in [2.75, 3.05) is 13.2 Å². The number of aliphatic hydroxyl groups excluding tert-OH is 1. The van der Waals surface area contributed by atoms with E-state index in [0.717, 1.165) is 32.0 Å². The van der Waals surface area contributed by atoms with Gasteiger partial charge in [0.05, 0.1) is 6.10 Å². The van der Waals surface area contributed by atoms with Crippen LogP contribution in [-0.2, 0) is 4.74 Å². The minimum Gasteiger partial charge on any atom is -0.393 e. The number of rotatable bonds is 6. The molecule has 11 heavy (non-hydrogen) atoms. The molecule has 1 saturated carbocycles. The van der Waals surface area contributed by atoms with Crippen molar-refractivity contribution in [3.8, 4) is 0 Å². The lowest BCUT2D eigenvalue weighted by molar-refractivity contribution is 0.0752. The normalized spacial score (nSPS) is 20.2. The molecule has 1 atom stereocenters. The van der Waals surface area contributed by atoms with E-state index < -0.39 is 0 Å². The largest absolute Gasteiger partial charge is 0.393 e. The molecule has 0 bridgehead atoms. The second-order valence-electron chi connectivity index (χ2n) is 3.37. The van der Waals surface area contributed by atoms with Gasteiger partial charge in [0.1, 0.15) is 0 Å². The second-order valence-corrected chi connectivity index (χ2v) is 3.37. The van der Waals surface area contributed by atoms with Crippen LogP contribution < -0.4 is 0 Å². The van der Waals surface area contributed by atoms with Crippen molar-refractivity contribution in [2.45, 2.75) is 38.7 Å². The summed E-state index contributed by atoms with van der Waals surface area (Å²) in [6.45, 7) is 3.63. The minimum atomic E-state index is -0.158. The summed E-state index contributed by atoms with van der Waals surface area (Å²) in [7, 11) is 0. The first-order chi connectivity index (χ1) is 5.33. The van der Waals surface area contributed by atoms with Gasteiger partial charge < -0.3 is 9.84 Å². The highest BCUT2D eigenvalue weighted by atomic mass is 16.5. The molecule has 66 valence electrons. The van der Waals surface area contributed by atoms with Gasteiger partial charge in [0, 0.05) is 13.2 Å². The topological polar surface area (TPSA) is 29.5 Å². The molecule has 0 aromatic carbocycles. The molecule has 0 spiro atoms. The molecule has 0 radical (unpaired) electrons. The van der Waals surface area contributed by atoms with E-state index in [1.54, 1.807) is 0 Å². The van der Waals surface area contributed by atoms with E-state index in [4.69, 9.17) is 9.84 Å². The Hall–Kier alpha value is -0.0800. The molecule has 0 aliphatic heterocycles. The lowest BCUT2D eigenvalue weighted by Gasteiger charge is -2.07. The van der Waals surface area contributed by atoms with Gasteiger partial charge in [-0.1, -0.05) is 6.92 Å². The highest BCUT2D eigenvalue weighted by Gasteiger charge is 2.20. The quantitative estimate of drug-likeness (QED) is 0.595. The lowest BCUT2D eigenvalue weighted by Crippen LogP contribution is -2.09. The third-order valence-corrected chi connectivity index (χ3v) is 2.12. The molecule has 1 unspecified atom stereocenters. The Morgan fingerprint density at radius 3 is 2.82 bits per heavy atom. The summed E-state index contributed by atoms with van der Waals surface area (Å²) in [4.78, 5) is 0. The van der Waals surface area contributed by atoms with Crippen molar-refractivity contribution in [3.63, 3.8) is 0 Å². The molecule has 1 fully saturated rings. The number of hydrogen-bond acceptors (Lipinski definition) is 2. The first-order valence-corrected chi connectivity index (χ1v) is 4.58. The average Bonchev–Trinajstić information content (AvgIpc) is 2.81. The number of ether oxygens (including phenoxy) is 1. The van der Waals surface area contributed by atoms with Crippen LogP contribution >= 0.6 is 0 Å². The maximum Gasteiger partial charge on any atom is 0.0559 e. The summed E-state index contributed by atoms with van der Waals surface area (Å²) in [5.41, 5.74) is 0. The molecule has 1 aliphatic rings. The smallest absolute Gasteiger partial charge is 0.0559 e. The SMILES string of the molecule is CCC(O)CCOCC1CC1. The Morgan fingerprint density at radius 2 is 2.27 bits per heavy atom. The Balaban J connectivity index is 1.79. The Morgan fingerprint density at radius 1 is 1.55 bits per heavy atom. The van der Waals surface area contributed by atoms with E-state index in [9.17, 15) is 0 Å². The van der Waals surface area contributed by atoms with Gasteiger partial charge in [-0.15, -0.1) is 0 Å². The van der Waals surface area contributed by atoms with Crippen molar-refractivity contribution in [1.29, 1.82) is 0 Å². The van der Waals surface area contributed by atoms with Gasteiger partial charge in [-0.3, -0.25) is 0 Å². The van der Waals surface area contributed by atoms with Crippen LogP contribution in [0, 0.1) is 5.92 Å². The minimum absolute atomic E-state index is 0.158. The maximum absolute atomic E-state index is 9.16. The number of hydrogen-bond donors (Lipinski definition) is 1. The van der Waals surface area contributed by atoms with E-state index >= 15 is 0 Å². The van der Waals surface area contributed by atoms with E-state index in [1.165, 1.54) is 12.8 Å². The molecule has 0 heterocycles. The summed E-state index contributed by atoms with van der Waals surface area (Å²) in [5.74, 6) is 0.841. The predicted octanol–water partition coefficient (Wildman–Crippen LogP) is 1.57. The van der Waals surface area contributed by atoms with Crippen molar-refractivity contribution in [3.05, 3.63) is 0 Å². The van der Waals surface area contributed by atoms with Gasteiger partial charge in [-0.05, 0) is 31.6 Å². The van der Waals surface area contributed by atoms with E-state index in [2.05, 4.69) is 0 Å². The summed E-state index contributed by atoms with van der Waals surface area (Å²) < 4.78 is 5.37. The second kappa shape index (κ2) is 4.73. The van der Waals surface area contributed by atoms with Crippen molar-refractivity contribution >= 4 is 0 Å². The monoisotopic (exact) mass is 158 g/mol. The average molecular weight is 158 g/mol. The standard InChI is InChI=1S/C9H18O2/c1-2-9(10)5-6-11-7-8-3-4-8/h8-10H,2-7H2,1H3. The fourth-order valence-corrected chi connectivity index (χ4v) is 0.958. The van der Waals surface area contributed by atoms with Gasteiger partial charge in [-0.2, -0.15) is 0 Å². The molecule has 0 saturated heterocycles. The zero-order valence-electron chi connectivity index (χ0n) is 7.25. The maximum atomic E-state index is 9.16. The molecular formula is C9H18O2. The molecule has 2 nitrogen and oxygen atoms in total. The summed E-state index contributed by atoms with van der Waals surface area (Å²) in [6.07, 6.45) is 4.16. The van der Waals surface area contributed by atoms with Crippen LogP contribution in [0.5, 0.6) is 0 Å². The van der Waals surface area contributed by atoms with Crippen LogP contribution in [0.3, 0.4) is 0 Å². The molecule has 0 aromatic rings. The Labute approximate surface area is 68.6 Å². The first kappa shape index (κ1) is 9.01. The fraction of sp³-hybridized carbons (Fsp3) is 1.00. The lowest BCUT2D eigenvalue weighted by atomic mass is 10.2. The summed E-state index contributed by atoms with van der Waals surface area (Å²) >= 11 is 0. The molecule has 1 rings (SSSR count). The van der Waals surface area contributed by atoms with Gasteiger partial charge in [-0.25, -0.2) is 0 Å². The van der Waals surface area contributed by atoms with Gasteiger partial charge in [0.2, 0.25) is 0 Å². The number of aliphatic hydroxyl groups is 1. The van der Waals surface area contributed by atoms with Crippen molar-refractivity contribution in [1.82, 2.24) is 0 Å². The zero-order valence-corrected chi connectivity index (χ0v) is 7.25. The summed E-state index contributed by atoms with van der Waals surface area (Å²) in [6, 6.07) is 0. The molecule has 0 aromatic heterocycles. The Bertz CT molecular complexity index is 99.7. The molecular weight excluding hydrogens is 140 g/mol. The highest BCUT2D eigenvalue weighted by molar-refractivity contribution is 4.71. The van der Waals surface area contributed by atoms with Crippen LogP contribution in [0.2, 0.25) is 0 Å². The van der Waals surface area contributed by atoms with E-state index in [0.29, 0.717) is 0 Å². The molecule has 1 aliphatic carbocycles. The van der Waals surface area contributed by atoms with Crippen LogP contribution in [0.25, 0.3) is 0 Å². The van der Waals surface area contributed by atoms with Gasteiger partial charge >= 0.3 is 0 Å². The van der Waals surface area contributed by atoms with Crippen LogP contribution in [0.15, 0.2) is 0 Å².